The Hall–Kier alpha value is -2.03. The second-order valence-electron chi connectivity index (χ2n) is 4.87. The number of carbonyl (C=O) groups excluding carboxylic acids is 1. The molecule has 2 rings (SSSR count). The molecule has 0 bridgehead atoms. The molecule has 0 N–H and O–H groups in total. The number of ether oxygens (including phenoxy) is 5. The average molecular weight is 415 g/mol. The van der Waals surface area contributed by atoms with Gasteiger partial charge >= 0.3 is 5.97 Å². The molecule has 0 unspecified atom stereocenters. The molecule has 0 saturated carbocycles. The lowest BCUT2D eigenvalue weighted by Crippen LogP contribution is -2.10. The minimum Gasteiger partial charge on any atom is -0.469 e. The van der Waals surface area contributed by atoms with Crippen LogP contribution in [0.15, 0.2) is 33.4 Å². The number of hydrogen-bond donors (Lipinski definition) is 0. The molecule has 0 aliphatic rings. The highest BCUT2D eigenvalue weighted by molar-refractivity contribution is 9.10. The Balaban J connectivity index is 2.61. The summed E-state index contributed by atoms with van der Waals surface area (Å²) in [6, 6.07) is 5.21. The van der Waals surface area contributed by atoms with E-state index in [4.69, 9.17) is 28.1 Å². The molecule has 136 valence electrons. The highest BCUT2D eigenvalue weighted by Crippen LogP contribution is 2.44. The number of rotatable bonds is 9. The second kappa shape index (κ2) is 9.45. The molecule has 7 nitrogen and oxygen atoms in total. The summed E-state index contributed by atoms with van der Waals surface area (Å²) in [5.74, 6) is 1.05. The van der Waals surface area contributed by atoms with Gasteiger partial charge in [-0.2, -0.15) is 0 Å². The fourth-order valence-corrected chi connectivity index (χ4v) is 2.77. The topological polar surface area (TPSA) is 76.4 Å². The van der Waals surface area contributed by atoms with Crippen molar-refractivity contribution in [3.8, 4) is 22.8 Å². The molecule has 0 aliphatic carbocycles. The molecule has 0 spiro atoms. The number of hydrogen-bond acceptors (Lipinski definition) is 7. The first-order chi connectivity index (χ1) is 12.1. The lowest BCUT2D eigenvalue weighted by atomic mass is 10.0. The first kappa shape index (κ1) is 19.3. The highest BCUT2D eigenvalue weighted by atomic mass is 79.9. The van der Waals surface area contributed by atoms with E-state index in [1.165, 1.54) is 21.3 Å². The van der Waals surface area contributed by atoms with Crippen LogP contribution in [-0.4, -0.2) is 40.9 Å². The number of methoxy groups -OCH3 is 3. The Morgan fingerprint density at radius 2 is 1.80 bits per heavy atom. The van der Waals surface area contributed by atoms with E-state index in [0.29, 0.717) is 32.9 Å². The number of benzene rings is 1. The molecule has 1 aromatic carbocycles. The van der Waals surface area contributed by atoms with Gasteiger partial charge in [-0.05, 0) is 33.6 Å². The Labute approximate surface area is 153 Å². The summed E-state index contributed by atoms with van der Waals surface area (Å²) in [5.41, 5.74) is 1.23. The van der Waals surface area contributed by atoms with Gasteiger partial charge < -0.3 is 28.1 Å². The molecule has 0 aliphatic heterocycles. The molecule has 0 saturated heterocycles. The van der Waals surface area contributed by atoms with Gasteiger partial charge in [0.2, 0.25) is 0 Å². The fourth-order valence-electron chi connectivity index (χ4n) is 2.20. The van der Waals surface area contributed by atoms with E-state index < -0.39 is 5.97 Å². The minimum atomic E-state index is -0.407. The van der Waals surface area contributed by atoms with Crippen LogP contribution in [0.4, 0.5) is 0 Å². The molecular weight excluding hydrogens is 396 g/mol. The van der Waals surface area contributed by atoms with E-state index in [1.54, 1.807) is 24.5 Å². The quantitative estimate of drug-likeness (QED) is 0.459. The van der Waals surface area contributed by atoms with Gasteiger partial charge in [0.25, 0.3) is 0 Å². The number of furan rings is 1. The van der Waals surface area contributed by atoms with Crippen LogP contribution in [-0.2, 0) is 25.4 Å². The molecule has 0 amide bonds. The van der Waals surface area contributed by atoms with Crippen molar-refractivity contribution in [3.63, 3.8) is 0 Å². The minimum absolute atomic E-state index is 0.000636. The summed E-state index contributed by atoms with van der Waals surface area (Å²) in [5, 5.41) is 0. The van der Waals surface area contributed by atoms with Crippen LogP contribution in [0.1, 0.15) is 5.56 Å². The van der Waals surface area contributed by atoms with Crippen LogP contribution in [0.25, 0.3) is 11.3 Å². The Kier molecular flexibility index (Phi) is 7.30. The first-order valence-corrected chi connectivity index (χ1v) is 8.11. The van der Waals surface area contributed by atoms with Crippen LogP contribution < -0.4 is 9.47 Å². The van der Waals surface area contributed by atoms with Gasteiger partial charge in [-0.1, -0.05) is 0 Å². The van der Waals surface area contributed by atoms with Crippen molar-refractivity contribution in [2.24, 2.45) is 0 Å². The molecule has 0 atom stereocenters. The van der Waals surface area contributed by atoms with Gasteiger partial charge in [0.1, 0.15) is 17.3 Å². The maximum absolute atomic E-state index is 11.9. The summed E-state index contributed by atoms with van der Waals surface area (Å²) in [6.07, 6.45) is 1.54. The third-order valence-electron chi connectivity index (χ3n) is 3.27. The largest absolute Gasteiger partial charge is 0.469 e. The van der Waals surface area contributed by atoms with E-state index >= 15 is 0 Å². The predicted octanol–water partition coefficient (Wildman–Crippen LogP) is 3.39. The van der Waals surface area contributed by atoms with Crippen LogP contribution in [0.3, 0.4) is 0 Å². The summed E-state index contributed by atoms with van der Waals surface area (Å²) in [7, 11) is 4.36. The number of esters is 1. The van der Waals surface area contributed by atoms with Crippen LogP contribution >= 0.6 is 15.9 Å². The van der Waals surface area contributed by atoms with Gasteiger partial charge in [0.05, 0.1) is 29.8 Å². The molecular formula is C17H19BrO7. The van der Waals surface area contributed by atoms with Crippen LogP contribution in [0, 0.1) is 0 Å². The summed E-state index contributed by atoms with van der Waals surface area (Å²) in [4.78, 5) is 11.9. The van der Waals surface area contributed by atoms with Gasteiger partial charge in [0.15, 0.2) is 13.6 Å². The maximum Gasteiger partial charge on any atom is 0.310 e. The third-order valence-corrected chi connectivity index (χ3v) is 4.14. The zero-order chi connectivity index (χ0) is 18.2. The van der Waals surface area contributed by atoms with Gasteiger partial charge in [-0.15, -0.1) is 0 Å². The third kappa shape index (κ3) is 4.75. The van der Waals surface area contributed by atoms with Gasteiger partial charge in [-0.25, -0.2) is 0 Å². The van der Waals surface area contributed by atoms with Crippen molar-refractivity contribution in [2.75, 3.05) is 34.9 Å². The normalized spacial score (nSPS) is 10.6. The molecule has 1 heterocycles. The summed E-state index contributed by atoms with van der Waals surface area (Å²) in [6.45, 7) is 0.0663. The molecule has 25 heavy (non-hydrogen) atoms. The van der Waals surface area contributed by atoms with E-state index in [0.717, 1.165) is 0 Å². The standard InChI is InChI=1S/C17H19BrO7/c1-20-9-24-13-8-14(25-10-21-2)17(18)11(7-15(19)22-3)16(13)12-5-4-6-23-12/h4-6,8H,7,9-10H2,1-3H3. The van der Waals surface area contributed by atoms with Crippen molar-refractivity contribution in [1.82, 2.24) is 0 Å². The van der Waals surface area contributed by atoms with Crippen molar-refractivity contribution in [3.05, 3.63) is 34.5 Å². The van der Waals surface area contributed by atoms with Crippen molar-refractivity contribution >= 4 is 21.9 Å². The SMILES string of the molecule is COCOc1cc(OCOC)c(-c2ccco2)c(CC(=O)OC)c1Br. The van der Waals surface area contributed by atoms with E-state index in [1.807, 2.05) is 0 Å². The van der Waals surface area contributed by atoms with E-state index in [9.17, 15) is 4.79 Å². The Bertz CT molecular complexity index is 698. The molecule has 0 radical (unpaired) electrons. The Morgan fingerprint density at radius 1 is 1.12 bits per heavy atom. The molecule has 1 aromatic heterocycles. The van der Waals surface area contributed by atoms with E-state index in [-0.39, 0.29) is 20.0 Å². The maximum atomic E-state index is 11.9. The van der Waals surface area contributed by atoms with Crippen LogP contribution in [0.2, 0.25) is 0 Å². The highest BCUT2D eigenvalue weighted by Gasteiger charge is 2.24. The zero-order valence-electron chi connectivity index (χ0n) is 14.2. The van der Waals surface area contributed by atoms with Crippen molar-refractivity contribution < 1.29 is 32.9 Å². The summed E-state index contributed by atoms with van der Waals surface area (Å²) >= 11 is 3.49. The monoisotopic (exact) mass is 414 g/mol. The van der Waals surface area contributed by atoms with E-state index in [2.05, 4.69) is 15.9 Å². The summed E-state index contributed by atoms with van der Waals surface area (Å²) < 4.78 is 32.1. The molecule has 8 heteroatoms. The van der Waals surface area contributed by atoms with Crippen molar-refractivity contribution in [2.45, 2.75) is 6.42 Å². The second-order valence-corrected chi connectivity index (χ2v) is 5.67. The smallest absolute Gasteiger partial charge is 0.310 e. The van der Waals surface area contributed by atoms with Crippen LogP contribution in [0.5, 0.6) is 11.5 Å². The number of carbonyl (C=O) groups is 1. The average Bonchev–Trinajstić information content (AvgIpc) is 3.14. The fraction of sp³-hybridized carbons (Fsp3) is 0.353. The van der Waals surface area contributed by atoms with Gasteiger partial charge in [-0.3, -0.25) is 4.79 Å². The molecule has 2 aromatic rings. The van der Waals surface area contributed by atoms with Crippen molar-refractivity contribution in [1.29, 1.82) is 0 Å². The molecule has 0 fully saturated rings. The lowest BCUT2D eigenvalue weighted by Gasteiger charge is -2.18. The lowest BCUT2D eigenvalue weighted by molar-refractivity contribution is -0.139. The first-order valence-electron chi connectivity index (χ1n) is 7.31. The number of halogens is 1. The zero-order valence-corrected chi connectivity index (χ0v) is 15.8. The Morgan fingerprint density at radius 3 is 2.36 bits per heavy atom. The predicted molar refractivity (Wildman–Crippen MR) is 92.6 cm³/mol. The van der Waals surface area contributed by atoms with Gasteiger partial charge in [0, 0.05) is 20.3 Å².